The molecular formula is C14H21N3O2. The van der Waals surface area contributed by atoms with E-state index >= 15 is 0 Å². The second-order valence-electron chi connectivity index (χ2n) is 4.81. The van der Waals surface area contributed by atoms with Crippen LogP contribution in [0.4, 0.5) is 0 Å². The number of hydrogen-bond donors (Lipinski definition) is 2. The second-order valence-corrected chi connectivity index (χ2v) is 4.81. The lowest BCUT2D eigenvalue weighted by molar-refractivity contribution is 0.267. The lowest BCUT2D eigenvalue weighted by Gasteiger charge is -2.32. The van der Waals surface area contributed by atoms with Gasteiger partial charge in [0.15, 0.2) is 17.5 Å². The van der Waals surface area contributed by atoms with E-state index < -0.39 is 0 Å². The maximum atomic E-state index is 9.89. The van der Waals surface area contributed by atoms with Crippen LogP contribution in [0.25, 0.3) is 0 Å². The van der Waals surface area contributed by atoms with Crippen molar-refractivity contribution in [3.63, 3.8) is 0 Å². The molecule has 3 N–H and O–H groups in total. The Balaban J connectivity index is 2.29. The minimum absolute atomic E-state index is 0.0896. The number of phenols is 1. The highest BCUT2D eigenvalue weighted by molar-refractivity contribution is 5.80. The maximum absolute atomic E-state index is 9.89. The Bertz CT molecular complexity index is 488. The summed E-state index contributed by atoms with van der Waals surface area (Å²) in [6.45, 7) is 4.88. The van der Waals surface area contributed by atoms with Crippen LogP contribution < -0.4 is 10.5 Å². The van der Waals surface area contributed by atoms with Gasteiger partial charge in [-0.05, 0) is 31.0 Å². The van der Waals surface area contributed by atoms with Crippen LogP contribution in [0.1, 0.15) is 31.9 Å². The molecule has 1 heterocycles. The third kappa shape index (κ3) is 2.45. The SMILES string of the molecule is CCC(C)N1C(N)=NCC1c1ccc(OC)c(O)c1. The number of ether oxygens (including phenoxy) is 1. The quantitative estimate of drug-likeness (QED) is 0.870. The molecule has 19 heavy (non-hydrogen) atoms. The van der Waals surface area contributed by atoms with Gasteiger partial charge in [-0.1, -0.05) is 13.0 Å². The summed E-state index contributed by atoms with van der Waals surface area (Å²) >= 11 is 0. The Morgan fingerprint density at radius 3 is 2.89 bits per heavy atom. The topological polar surface area (TPSA) is 71.1 Å². The number of phenolic OH excluding ortho intramolecular Hbond substituents is 1. The van der Waals surface area contributed by atoms with Gasteiger partial charge >= 0.3 is 0 Å². The summed E-state index contributed by atoms with van der Waals surface area (Å²) < 4.78 is 5.06. The van der Waals surface area contributed by atoms with E-state index in [1.165, 1.54) is 7.11 Å². The summed E-state index contributed by atoms with van der Waals surface area (Å²) in [4.78, 5) is 6.44. The maximum Gasteiger partial charge on any atom is 0.192 e. The average molecular weight is 263 g/mol. The molecule has 1 aromatic rings. The van der Waals surface area contributed by atoms with Crippen LogP contribution >= 0.6 is 0 Å². The summed E-state index contributed by atoms with van der Waals surface area (Å²) in [5, 5.41) is 9.89. The summed E-state index contributed by atoms with van der Waals surface area (Å²) in [5.41, 5.74) is 6.97. The number of aromatic hydroxyl groups is 1. The van der Waals surface area contributed by atoms with E-state index in [1.807, 2.05) is 6.07 Å². The van der Waals surface area contributed by atoms with E-state index in [1.54, 1.807) is 12.1 Å². The molecule has 104 valence electrons. The molecular weight excluding hydrogens is 242 g/mol. The van der Waals surface area contributed by atoms with Gasteiger partial charge in [0, 0.05) is 6.04 Å². The molecule has 1 aliphatic heterocycles. The van der Waals surface area contributed by atoms with Gasteiger partial charge in [0.05, 0.1) is 19.7 Å². The fourth-order valence-corrected chi connectivity index (χ4v) is 2.42. The molecule has 2 rings (SSSR count). The first-order chi connectivity index (χ1) is 9.08. The highest BCUT2D eigenvalue weighted by Gasteiger charge is 2.30. The lowest BCUT2D eigenvalue weighted by atomic mass is 10.0. The predicted molar refractivity (Wildman–Crippen MR) is 75.5 cm³/mol. The monoisotopic (exact) mass is 263 g/mol. The molecule has 1 aliphatic rings. The smallest absolute Gasteiger partial charge is 0.192 e. The van der Waals surface area contributed by atoms with E-state index in [4.69, 9.17) is 10.5 Å². The van der Waals surface area contributed by atoms with Crippen LogP contribution in [0, 0.1) is 0 Å². The Morgan fingerprint density at radius 1 is 1.58 bits per heavy atom. The molecule has 5 nitrogen and oxygen atoms in total. The van der Waals surface area contributed by atoms with Crippen LogP contribution in [0.5, 0.6) is 11.5 Å². The van der Waals surface area contributed by atoms with Gasteiger partial charge in [-0.2, -0.15) is 0 Å². The molecule has 0 saturated carbocycles. The van der Waals surface area contributed by atoms with Crippen molar-refractivity contribution in [1.82, 2.24) is 4.90 Å². The zero-order chi connectivity index (χ0) is 14.0. The number of methoxy groups -OCH3 is 1. The second kappa shape index (κ2) is 5.38. The van der Waals surface area contributed by atoms with Gasteiger partial charge in [0.2, 0.25) is 0 Å². The molecule has 5 heteroatoms. The minimum atomic E-state index is 0.0896. The van der Waals surface area contributed by atoms with Crippen molar-refractivity contribution in [2.24, 2.45) is 10.7 Å². The Morgan fingerprint density at radius 2 is 2.32 bits per heavy atom. The van der Waals surface area contributed by atoms with Gasteiger partial charge in [0.25, 0.3) is 0 Å². The van der Waals surface area contributed by atoms with Gasteiger partial charge < -0.3 is 20.5 Å². The van der Waals surface area contributed by atoms with Crippen LogP contribution in [0.2, 0.25) is 0 Å². The van der Waals surface area contributed by atoms with E-state index in [0.29, 0.717) is 24.3 Å². The van der Waals surface area contributed by atoms with Crippen molar-refractivity contribution >= 4 is 5.96 Å². The van der Waals surface area contributed by atoms with Gasteiger partial charge in [-0.25, -0.2) is 0 Å². The molecule has 0 radical (unpaired) electrons. The number of rotatable bonds is 4. The molecule has 0 spiro atoms. The van der Waals surface area contributed by atoms with Crippen LogP contribution in [-0.4, -0.2) is 35.7 Å². The average Bonchev–Trinajstić information content (AvgIpc) is 2.79. The number of nitrogens with two attached hydrogens (primary N) is 1. The molecule has 0 aromatic heterocycles. The largest absolute Gasteiger partial charge is 0.504 e. The molecule has 0 amide bonds. The molecule has 1 aromatic carbocycles. The molecule has 0 saturated heterocycles. The number of nitrogens with zero attached hydrogens (tertiary/aromatic N) is 2. The van der Waals surface area contributed by atoms with Crippen molar-refractivity contribution in [3.8, 4) is 11.5 Å². The van der Waals surface area contributed by atoms with Gasteiger partial charge in [0.1, 0.15) is 0 Å². The fourth-order valence-electron chi connectivity index (χ4n) is 2.42. The molecule has 2 unspecified atom stereocenters. The van der Waals surface area contributed by atoms with Crippen LogP contribution in [0.3, 0.4) is 0 Å². The summed E-state index contributed by atoms with van der Waals surface area (Å²) in [7, 11) is 1.54. The number of aliphatic imine (C=N–C) groups is 1. The third-order valence-corrected chi connectivity index (χ3v) is 3.68. The van der Waals surface area contributed by atoms with E-state index in [0.717, 1.165) is 12.0 Å². The first-order valence-electron chi connectivity index (χ1n) is 6.53. The van der Waals surface area contributed by atoms with Crippen molar-refractivity contribution in [2.75, 3.05) is 13.7 Å². The number of benzene rings is 1. The van der Waals surface area contributed by atoms with Gasteiger partial charge in [-0.3, -0.25) is 4.99 Å². The Labute approximate surface area is 113 Å². The van der Waals surface area contributed by atoms with E-state index in [-0.39, 0.29) is 11.8 Å². The first kappa shape index (κ1) is 13.5. The molecule has 0 fully saturated rings. The zero-order valence-corrected chi connectivity index (χ0v) is 11.6. The Kier molecular flexibility index (Phi) is 3.83. The van der Waals surface area contributed by atoms with Crippen molar-refractivity contribution in [3.05, 3.63) is 23.8 Å². The predicted octanol–water partition coefficient (Wildman–Crippen LogP) is 1.87. The summed E-state index contributed by atoms with van der Waals surface area (Å²) in [6, 6.07) is 5.86. The Hall–Kier alpha value is -1.91. The van der Waals surface area contributed by atoms with Crippen molar-refractivity contribution in [1.29, 1.82) is 0 Å². The standard InChI is InChI=1S/C14H21N3O2/c1-4-9(2)17-11(8-16-14(17)15)10-5-6-13(19-3)12(18)7-10/h5-7,9,11,18H,4,8H2,1-3H3,(H2,15,16). The first-order valence-corrected chi connectivity index (χ1v) is 6.53. The fraction of sp³-hybridized carbons (Fsp3) is 0.500. The third-order valence-electron chi connectivity index (χ3n) is 3.68. The van der Waals surface area contributed by atoms with Crippen LogP contribution in [-0.2, 0) is 0 Å². The molecule has 2 atom stereocenters. The van der Waals surface area contributed by atoms with Crippen LogP contribution in [0.15, 0.2) is 23.2 Å². The van der Waals surface area contributed by atoms with Crippen molar-refractivity contribution in [2.45, 2.75) is 32.4 Å². The number of hydrogen-bond acceptors (Lipinski definition) is 5. The molecule has 0 aliphatic carbocycles. The highest BCUT2D eigenvalue weighted by atomic mass is 16.5. The lowest BCUT2D eigenvalue weighted by Crippen LogP contribution is -2.42. The van der Waals surface area contributed by atoms with E-state index in [9.17, 15) is 5.11 Å². The zero-order valence-electron chi connectivity index (χ0n) is 11.6. The van der Waals surface area contributed by atoms with Crippen molar-refractivity contribution < 1.29 is 9.84 Å². The highest BCUT2D eigenvalue weighted by Crippen LogP contribution is 2.34. The summed E-state index contributed by atoms with van der Waals surface area (Å²) in [5.74, 6) is 1.20. The minimum Gasteiger partial charge on any atom is -0.504 e. The van der Waals surface area contributed by atoms with E-state index in [2.05, 4.69) is 23.7 Å². The number of guanidine groups is 1. The van der Waals surface area contributed by atoms with Gasteiger partial charge in [-0.15, -0.1) is 0 Å². The summed E-state index contributed by atoms with van der Waals surface area (Å²) in [6.07, 6.45) is 0.995. The normalized spacial score (nSPS) is 20.3. The molecule has 0 bridgehead atoms.